The van der Waals surface area contributed by atoms with E-state index in [0.29, 0.717) is 0 Å². The monoisotopic (exact) mass is 188 g/mol. The first kappa shape index (κ1) is 8.91. The van der Waals surface area contributed by atoms with Crippen molar-refractivity contribution in [2.45, 2.75) is 38.8 Å². The molecule has 1 heteroatoms. The summed E-state index contributed by atoms with van der Waals surface area (Å²) >= 11 is 0. The number of hydrogen-bond donors (Lipinski definition) is 0. The van der Waals surface area contributed by atoms with Crippen LogP contribution in [0.15, 0.2) is 0 Å². The van der Waals surface area contributed by atoms with Gasteiger partial charge < -0.3 is 0 Å². The third kappa shape index (κ3) is 3.29. The molecule has 0 aromatic rings. The summed E-state index contributed by atoms with van der Waals surface area (Å²) in [6.45, 7) is 4.52. The Labute approximate surface area is 82.1 Å². The lowest BCUT2D eigenvalue weighted by molar-refractivity contribution is 1.18. The molecule has 2 fully saturated rings. The SMILES string of the molecule is C[Si](C)(C#CC1CC1)C#CC1CC1. The Morgan fingerprint density at radius 1 is 0.846 bits per heavy atom. The summed E-state index contributed by atoms with van der Waals surface area (Å²) in [5.74, 6) is 8.16. The van der Waals surface area contributed by atoms with Crippen molar-refractivity contribution in [1.29, 1.82) is 0 Å². The van der Waals surface area contributed by atoms with Gasteiger partial charge in [0.15, 0.2) is 0 Å². The van der Waals surface area contributed by atoms with Crippen molar-refractivity contribution in [2.24, 2.45) is 11.8 Å². The molecular weight excluding hydrogens is 172 g/mol. The van der Waals surface area contributed by atoms with Gasteiger partial charge >= 0.3 is 0 Å². The van der Waals surface area contributed by atoms with Crippen LogP contribution in [-0.4, -0.2) is 8.07 Å². The van der Waals surface area contributed by atoms with E-state index in [-0.39, 0.29) is 0 Å². The highest BCUT2D eigenvalue weighted by atomic mass is 28.3. The summed E-state index contributed by atoms with van der Waals surface area (Å²) in [6.07, 6.45) is 5.31. The number of rotatable bonds is 0. The Kier molecular flexibility index (Phi) is 2.22. The van der Waals surface area contributed by atoms with Crippen molar-refractivity contribution in [2.75, 3.05) is 0 Å². The third-order valence-electron chi connectivity index (χ3n) is 2.33. The van der Waals surface area contributed by atoms with Gasteiger partial charge in [-0.25, -0.2) is 0 Å². The fraction of sp³-hybridized carbons (Fsp3) is 0.667. The van der Waals surface area contributed by atoms with Gasteiger partial charge in [-0.2, -0.15) is 0 Å². The standard InChI is InChI=1S/C12H16Si/c1-13(2,9-7-11-3-4-11)10-8-12-5-6-12/h11-12H,3-6H2,1-2H3. The lowest BCUT2D eigenvalue weighted by atomic mass is 10.5. The molecule has 13 heavy (non-hydrogen) atoms. The van der Waals surface area contributed by atoms with Crippen LogP contribution in [-0.2, 0) is 0 Å². The van der Waals surface area contributed by atoms with Crippen LogP contribution >= 0.6 is 0 Å². The second kappa shape index (κ2) is 3.24. The van der Waals surface area contributed by atoms with Crippen LogP contribution in [0.25, 0.3) is 0 Å². The summed E-state index contributed by atoms with van der Waals surface area (Å²) in [4.78, 5) is 0. The quantitative estimate of drug-likeness (QED) is 0.405. The molecule has 2 aliphatic carbocycles. The van der Waals surface area contributed by atoms with Crippen LogP contribution in [0.5, 0.6) is 0 Å². The van der Waals surface area contributed by atoms with Gasteiger partial charge in [-0.15, -0.1) is 22.9 Å². The molecule has 0 radical (unpaired) electrons. The molecule has 0 amide bonds. The molecular formula is C12H16Si. The molecule has 0 atom stereocenters. The lowest BCUT2D eigenvalue weighted by Gasteiger charge is -2.02. The highest BCUT2D eigenvalue weighted by Gasteiger charge is 2.22. The van der Waals surface area contributed by atoms with Crippen molar-refractivity contribution in [3.8, 4) is 22.9 Å². The Balaban J connectivity index is 1.94. The van der Waals surface area contributed by atoms with Crippen molar-refractivity contribution in [1.82, 2.24) is 0 Å². The first-order valence-electron chi connectivity index (χ1n) is 5.21. The molecule has 0 heterocycles. The summed E-state index contributed by atoms with van der Waals surface area (Å²) in [6, 6.07) is 0. The molecule has 0 saturated heterocycles. The molecule has 0 nitrogen and oxygen atoms in total. The second-order valence-electron chi connectivity index (χ2n) is 4.71. The zero-order valence-electron chi connectivity index (χ0n) is 8.48. The lowest BCUT2D eigenvalue weighted by Crippen LogP contribution is -2.21. The van der Waals surface area contributed by atoms with E-state index < -0.39 is 8.07 Å². The Morgan fingerprint density at radius 2 is 1.23 bits per heavy atom. The maximum atomic E-state index is 3.42. The molecule has 2 saturated carbocycles. The van der Waals surface area contributed by atoms with Crippen LogP contribution in [0.3, 0.4) is 0 Å². The van der Waals surface area contributed by atoms with E-state index in [1.165, 1.54) is 25.7 Å². The molecule has 0 bridgehead atoms. The average molecular weight is 188 g/mol. The van der Waals surface area contributed by atoms with Crippen LogP contribution in [0, 0.1) is 34.8 Å². The molecule has 0 N–H and O–H groups in total. The minimum atomic E-state index is -1.47. The summed E-state index contributed by atoms with van der Waals surface area (Å²) in [5, 5.41) is 0. The van der Waals surface area contributed by atoms with Crippen molar-refractivity contribution >= 4 is 8.07 Å². The van der Waals surface area contributed by atoms with E-state index in [2.05, 4.69) is 36.0 Å². The molecule has 0 aromatic carbocycles. The van der Waals surface area contributed by atoms with Gasteiger partial charge in [-0.1, -0.05) is 0 Å². The second-order valence-corrected chi connectivity index (χ2v) is 8.46. The van der Waals surface area contributed by atoms with Gasteiger partial charge in [0.2, 0.25) is 8.07 Å². The van der Waals surface area contributed by atoms with E-state index >= 15 is 0 Å². The Bertz CT molecular complexity index is 279. The van der Waals surface area contributed by atoms with Crippen LogP contribution < -0.4 is 0 Å². The van der Waals surface area contributed by atoms with E-state index in [1.807, 2.05) is 0 Å². The van der Waals surface area contributed by atoms with Gasteiger partial charge in [0.25, 0.3) is 0 Å². The Morgan fingerprint density at radius 3 is 1.54 bits per heavy atom. The third-order valence-corrected chi connectivity index (χ3v) is 3.87. The van der Waals surface area contributed by atoms with Crippen molar-refractivity contribution in [3.05, 3.63) is 0 Å². The molecule has 2 aliphatic rings. The topological polar surface area (TPSA) is 0 Å². The van der Waals surface area contributed by atoms with Crippen LogP contribution in [0.4, 0.5) is 0 Å². The van der Waals surface area contributed by atoms with Gasteiger partial charge in [0, 0.05) is 11.8 Å². The fourth-order valence-electron chi connectivity index (χ4n) is 1.05. The predicted octanol–water partition coefficient (Wildman–Crippen LogP) is 2.60. The zero-order valence-corrected chi connectivity index (χ0v) is 9.48. The van der Waals surface area contributed by atoms with Crippen LogP contribution in [0.2, 0.25) is 13.1 Å². The van der Waals surface area contributed by atoms with Gasteiger partial charge in [0.05, 0.1) is 0 Å². The average Bonchev–Trinajstić information content (AvgIpc) is 2.92. The summed E-state index contributed by atoms with van der Waals surface area (Å²) in [7, 11) is -1.47. The minimum Gasteiger partial charge on any atom is -0.116 e. The molecule has 0 spiro atoms. The molecule has 68 valence electrons. The van der Waals surface area contributed by atoms with E-state index in [0.717, 1.165) is 11.8 Å². The summed E-state index contributed by atoms with van der Waals surface area (Å²) < 4.78 is 0. The highest BCUT2D eigenvalue weighted by Crippen LogP contribution is 2.28. The van der Waals surface area contributed by atoms with Gasteiger partial charge in [-0.3, -0.25) is 0 Å². The maximum absolute atomic E-state index is 3.42. The molecule has 2 rings (SSSR count). The zero-order chi connectivity index (χ0) is 9.31. The van der Waals surface area contributed by atoms with E-state index in [9.17, 15) is 0 Å². The first-order chi connectivity index (χ1) is 6.16. The number of hydrogen-bond acceptors (Lipinski definition) is 0. The summed E-state index contributed by atoms with van der Waals surface area (Å²) in [5.41, 5.74) is 6.84. The molecule has 0 aliphatic heterocycles. The fourth-order valence-corrected chi connectivity index (χ4v) is 2.24. The first-order valence-corrected chi connectivity index (χ1v) is 8.21. The van der Waals surface area contributed by atoms with Gasteiger partial charge in [0.1, 0.15) is 0 Å². The highest BCUT2D eigenvalue weighted by molar-refractivity contribution is 6.92. The maximum Gasteiger partial charge on any atom is 0.210 e. The van der Waals surface area contributed by atoms with Crippen molar-refractivity contribution in [3.63, 3.8) is 0 Å². The predicted molar refractivity (Wildman–Crippen MR) is 58.5 cm³/mol. The normalized spacial score (nSPS) is 21.1. The molecule has 0 unspecified atom stereocenters. The van der Waals surface area contributed by atoms with Gasteiger partial charge in [-0.05, 0) is 38.8 Å². The smallest absolute Gasteiger partial charge is 0.116 e. The largest absolute Gasteiger partial charge is 0.210 e. The molecule has 0 aromatic heterocycles. The van der Waals surface area contributed by atoms with E-state index in [1.54, 1.807) is 0 Å². The van der Waals surface area contributed by atoms with Crippen molar-refractivity contribution < 1.29 is 0 Å². The Hall–Kier alpha value is -0.663. The minimum absolute atomic E-state index is 0.731. The van der Waals surface area contributed by atoms with Crippen LogP contribution in [0.1, 0.15) is 25.7 Å². The van der Waals surface area contributed by atoms with E-state index in [4.69, 9.17) is 0 Å².